The van der Waals surface area contributed by atoms with Gasteiger partial charge in [0.15, 0.2) is 0 Å². The molecular weight excluding hydrogens is 604 g/mol. The minimum Gasteiger partial charge on any atom is -0.480 e. The molecule has 0 radical (unpaired) electrons. The molecule has 42 heavy (non-hydrogen) atoms. The van der Waals surface area contributed by atoms with Crippen LogP contribution in [0.1, 0.15) is 71.2 Å². The number of halogens is 1. The molecule has 2 saturated heterocycles. The smallest absolute Gasteiger partial charge is 0.326 e. The second-order valence-electron chi connectivity index (χ2n) is 12.5. The highest BCUT2D eigenvalue weighted by molar-refractivity contribution is 9.10. The van der Waals surface area contributed by atoms with Crippen LogP contribution in [0.25, 0.3) is 11.0 Å². The van der Waals surface area contributed by atoms with Crippen molar-refractivity contribution in [1.82, 2.24) is 9.88 Å². The Balaban J connectivity index is 1.62. The highest BCUT2D eigenvalue weighted by atomic mass is 79.9. The molecule has 226 valence electrons. The Morgan fingerprint density at radius 1 is 1.19 bits per heavy atom. The zero-order valence-corrected chi connectivity index (χ0v) is 26.3. The molecule has 0 bridgehead atoms. The first-order chi connectivity index (χ1) is 20.0. The lowest BCUT2D eigenvalue weighted by Crippen LogP contribution is -2.51. The monoisotopic (exact) mass is 642 g/mol. The van der Waals surface area contributed by atoms with Gasteiger partial charge in [0.1, 0.15) is 30.1 Å². The molecule has 10 heteroatoms. The zero-order chi connectivity index (χ0) is 30.2. The van der Waals surface area contributed by atoms with Crippen molar-refractivity contribution >= 4 is 38.8 Å². The van der Waals surface area contributed by atoms with Gasteiger partial charge in [-0.15, -0.1) is 0 Å². The molecule has 0 spiro atoms. The molecular formula is C32H39BrN2O7. The SMILES string of the molecule is CC(C)Oc1ncccc1[C@H]1[C@@H](OCc2cc3cc(Br)ccc3o2)[C@H](C(C)(C)C)[C@@H](C(=O)O)N1C(=O)[C@@H]1CCCCO1. The summed E-state index contributed by atoms with van der Waals surface area (Å²) in [5, 5.41) is 11.6. The number of hydrogen-bond donors (Lipinski definition) is 1. The number of carboxylic acids is 1. The number of aromatic nitrogens is 1. The quantitative estimate of drug-likeness (QED) is 0.295. The summed E-state index contributed by atoms with van der Waals surface area (Å²) in [7, 11) is 0. The Morgan fingerprint density at radius 3 is 2.64 bits per heavy atom. The maximum atomic E-state index is 14.3. The minimum atomic E-state index is -1.16. The third-order valence-corrected chi connectivity index (χ3v) is 8.47. The number of hydrogen-bond acceptors (Lipinski definition) is 7. The second-order valence-corrected chi connectivity index (χ2v) is 13.4. The molecule has 5 atom stereocenters. The molecule has 2 aliphatic heterocycles. The van der Waals surface area contributed by atoms with Crippen LogP contribution in [-0.4, -0.2) is 57.8 Å². The van der Waals surface area contributed by atoms with Gasteiger partial charge in [0.2, 0.25) is 5.88 Å². The van der Waals surface area contributed by atoms with Gasteiger partial charge in [0.05, 0.1) is 18.2 Å². The number of pyridine rings is 1. The number of benzene rings is 1. The fraction of sp³-hybridized carbons (Fsp3) is 0.531. The van der Waals surface area contributed by atoms with Gasteiger partial charge in [-0.2, -0.15) is 0 Å². The number of carboxylic acid groups (broad SMARTS) is 1. The fourth-order valence-electron chi connectivity index (χ4n) is 6.29. The van der Waals surface area contributed by atoms with Crippen molar-refractivity contribution < 1.29 is 33.3 Å². The van der Waals surface area contributed by atoms with E-state index in [0.29, 0.717) is 30.2 Å². The van der Waals surface area contributed by atoms with Gasteiger partial charge in [-0.25, -0.2) is 9.78 Å². The average molecular weight is 644 g/mol. The van der Waals surface area contributed by atoms with E-state index >= 15 is 0 Å². The van der Waals surface area contributed by atoms with E-state index in [1.807, 2.05) is 65.0 Å². The van der Waals surface area contributed by atoms with Crippen molar-refractivity contribution in [3.05, 3.63) is 58.4 Å². The first-order valence-corrected chi connectivity index (χ1v) is 15.3. The summed E-state index contributed by atoms with van der Waals surface area (Å²) in [6, 6.07) is 9.36. The van der Waals surface area contributed by atoms with Gasteiger partial charge < -0.3 is 28.6 Å². The molecule has 5 rings (SSSR count). The summed E-state index contributed by atoms with van der Waals surface area (Å²) in [6.45, 7) is 10.3. The second kappa shape index (κ2) is 12.3. The van der Waals surface area contributed by atoms with Crippen LogP contribution >= 0.6 is 15.9 Å². The number of ether oxygens (including phenoxy) is 3. The summed E-state index contributed by atoms with van der Waals surface area (Å²) in [6.07, 6.45) is 2.26. The number of likely N-dealkylation sites (tertiary alicyclic amines) is 1. The summed E-state index contributed by atoms with van der Waals surface area (Å²) in [5.41, 5.74) is 0.780. The largest absolute Gasteiger partial charge is 0.480 e. The highest BCUT2D eigenvalue weighted by Gasteiger charge is 2.60. The van der Waals surface area contributed by atoms with Crippen LogP contribution in [0.2, 0.25) is 0 Å². The minimum absolute atomic E-state index is 0.0922. The number of carbonyl (C=O) groups is 2. The van der Waals surface area contributed by atoms with E-state index in [1.54, 1.807) is 12.3 Å². The molecule has 0 saturated carbocycles. The van der Waals surface area contributed by atoms with Crippen LogP contribution in [0.15, 0.2) is 51.5 Å². The standard InChI is InChI=1S/C32H39BrN2O7/c1-18(2)41-29-22(9-8-13-34-29)26-28(40-17-21-16-19-15-20(33)11-12-23(19)42-21)25(32(3,4)5)27(31(37)38)35(26)30(36)24-10-6-7-14-39-24/h8-9,11-13,15-16,18,24-28H,6-7,10,14,17H2,1-5H3,(H,37,38)/t24-,25+,26-,27-,28-/m0/s1. The van der Waals surface area contributed by atoms with Crippen LogP contribution in [-0.2, 0) is 25.7 Å². The molecule has 1 N–H and O–H groups in total. The molecule has 1 aromatic carbocycles. The lowest BCUT2D eigenvalue weighted by molar-refractivity contribution is -0.159. The van der Waals surface area contributed by atoms with E-state index < -0.39 is 41.6 Å². The van der Waals surface area contributed by atoms with Gasteiger partial charge in [0, 0.05) is 34.1 Å². The molecule has 2 fully saturated rings. The van der Waals surface area contributed by atoms with Gasteiger partial charge in [-0.3, -0.25) is 4.79 Å². The van der Waals surface area contributed by atoms with E-state index in [2.05, 4.69) is 20.9 Å². The number of aliphatic carboxylic acids is 1. The Hall–Kier alpha value is -2.95. The summed E-state index contributed by atoms with van der Waals surface area (Å²) < 4.78 is 25.7. The molecule has 2 aliphatic rings. The number of furan rings is 1. The Labute approximate surface area is 254 Å². The van der Waals surface area contributed by atoms with Crippen molar-refractivity contribution in [2.45, 2.75) is 90.9 Å². The number of rotatable bonds is 8. The third kappa shape index (κ3) is 6.21. The molecule has 1 amide bonds. The predicted molar refractivity (Wildman–Crippen MR) is 160 cm³/mol. The van der Waals surface area contributed by atoms with Crippen LogP contribution in [0.3, 0.4) is 0 Å². The maximum Gasteiger partial charge on any atom is 0.326 e. The summed E-state index contributed by atoms with van der Waals surface area (Å²) in [4.78, 5) is 33.4. The topological polar surface area (TPSA) is 111 Å². The Morgan fingerprint density at radius 2 is 1.98 bits per heavy atom. The van der Waals surface area contributed by atoms with Crippen LogP contribution < -0.4 is 4.74 Å². The molecule has 0 unspecified atom stereocenters. The van der Waals surface area contributed by atoms with E-state index in [4.69, 9.17) is 18.6 Å². The molecule has 4 heterocycles. The number of carbonyl (C=O) groups excluding carboxylic acids is 1. The summed E-state index contributed by atoms with van der Waals surface area (Å²) in [5.74, 6) is -1.05. The molecule has 9 nitrogen and oxygen atoms in total. The number of fused-ring (bicyclic) bond motifs is 1. The first kappa shape index (κ1) is 30.5. The van der Waals surface area contributed by atoms with Gasteiger partial charge in [-0.05, 0) is 74.9 Å². The van der Waals surface area contributed by atoms with Crippen molar-refractivity contribution in [3.8, 4) is 5.88 Å². The van der Waals surface area contributed by atoms with E-state index in [9.17, 15) is 14.7 Å². The first-order valence-electron chi connectivity index (χ1n) is 14.5. The van der Waals surface area contributed by atoms with Gasteiger partial charge in [-0.1, -0.05) is 36.7 Å². The normalized spacial score (nSPS) is 24.8. The number of amides is 1. The lowest BCUT2D eigenvalue weighted by Gasteiger charge is -2.35. The predicted octanol–water partition coefficient (Wildman–Crippen LogP) is 6.53. The van der Waals surface area contributed by atoms with Crippen LogP contribution in [0, 0.1) is 11.3 Å². The van der Waals surface area contributed by atoms with Gasteiger partial charge >= 0.3 is 5.97 Å². The van der Waals surface area contributed by atoms with Crippen molar-refractivity contribution in [1.29, 1.82) is 0 Å². The molecule has 3 aromatic rings. The van der Waals surface area contributed by atoms with Crippen molar-refractivity contribution in [3.63, 3.8) is 0 Å². The van der Waals surface area contributed by atoms with Crippen molar-refractivity contribution in [2.75, 3.05) is 6.61 Å². The molecule has 0 aliphatic carbocycles. The fourth-order valence-corrected chi connectivity index (χ4v) is 6.66. The average Bonchev–Trinajstić information content (AvgIpc) is 3.50. The third-order valence-electron chi connectivity index (χ3n) is 7.98. The van der Waals surface area contributed by atoms with E-state index in [-0.39, 0.29) is 18.6 Å². The lowest BCUT2D eigenvalue weighted by atomic mass is 9.73. The summed E-state index contributed by atoms with van der Waals surface area (Å²) >= 11 is 3.50. The van der Waals surface area contributed by atoms with Crippen molar-refractivity contribution in [2.24, 2.45) is 11.3 Å². The van der Waals surface area contributed by atoms with E-state index in [0.717, 1.165) is 28.3 Å². The Bertz CT molecular complexity index is 1430. The van der Waals surface area contributed by atoms with Crippen LogP contribution in [0.4, 0.5) is 0 Å². The zero-order valence-electron chi connectivity index (χ0n) is 24.7. The number of nitrogens with zero attached hydrogens (tertiary/aromatic N) is 2. The Kier molecular flexibility index (Phi) is 8.97. The van der Waals surface area contributed by atoms with Gasteiger partial charge in [0.25, 0.3) is 5.91 Å². The van der Waals surface area contributed by atoms with Crippen LogP contribution in [0.5, 0.6) is 5.88 Å². The highest BCUT2D eigenvalue weighted by Crippen LogP contribution is 2.51. The van der Waals surface area contributed by atoms with E-state index in [1.165, 1.54) is 4.90 Å². The maximum absolute atomic E-state index is 14.3. The molecule has 2 aromatic heterocycles.